The number of amides is 1. The van der Waals surface area contributed by atoms with Crippen molar-refractivity contribution in [2.45, 2.75) is 38.1 Å². The topological polar surface area (TPSA) is 20.3 Å². The molecule has 0 unspecified atom stereocenters. The van der Waals surface area contributed by atoms with Crippen LogP contribution in [0, 0.1) is 0 Å². The number of hydrogen-bond donors (Lipinski definition) is 0. The first-order valence-electron chi connectivity index (χ1n) is 7.70. The zero-order valence-corrected chi connectivity index (χ0v) is 13.1. The Bertz CT molecular complexity index is 681. The van der Waals surface area contributed by atoms with Crippen molar-refractivity contribution in [3.05, 3.63) is 56.8 Å². The number of benzene rings is 1. The number of thiophene rings is 1. The van der Waals surface area contributed by atoms with Crippen molar-refractivity contribution in [1.29, 1.82) is 0 Å². The summed E-state index contributed by atoms with van der Waals surface area (Å²) in [7, 11) is 1.96. The number of rotatable bonds is 2. The highest BCUT2D eigenvalue weighted by Crippen LogP contribution is 2.37. The molecular weight excluding hydrogens is 278 g/mol. The molecule has 2 nitrogen and oxygen atoms in total. The molecule has 2 aromatic rings. The molecule has 3 heteroatoms. The van der Waals surface area contributed by atoms with Crippen molar-refractivity contribution < 1.29 is 4.79 Å². The third kappa shape index (κ3) is 2.11. The lowest BCUT2D eigenvalue weighted by atomic mass is 10.1. The number of fused-ring (bicyclic) bond motifs is 2. The van der Waals surface area contributed by atoms with E-state index in [0.29, 0.717) is 0 Å². The summed E-state index contributed by atoms with van der Waals surface area (Å²) in [5.41, 5.74) is 4.14. The Hall–Kier alpha value is -1.61. The van der Waals surface area contributed by atoms with Crippen molar-refractivity contribution in [3.8, 4) is 0 Å². The fraction of sp³-hybridized carbons (Fsp3) is 0.389. The summed E-state index contributed by atoms with van der Waals surface area (Å²) in [6.45, 7) is 0. The van der Waals surface area contributed by atoms with Crippen LogP contribution in [0.1, 0.15) is 50.1 Å². The minimum absolute atomic E-state index is 0.191. The Labute approximate surface area is 129 Å². The SMILES string of the molecule is CN(C(=O)c1cc2c(s1)CCC2)[C@H]1CCc2ccccc21. The van der Waals surface area contributed by atoms with E-state index in [1.165, 1.54) is 28.0 Å². The number of hydrogen-bond acceptors (Lipinski definition) is 2. The predicted molar refractivity (Wildman–Crippen MR) is 85.9 cm³/mol. The molecule has 1 atom stereocenters. The van der Waals surface area contributed by atoms with Crippen LogP contribution >= 0.6 is 11.3 Å². The van der Waals surface area contributed by atoms with Gasteiger partial charge in [0.25, 0.3) is 5.91 Å². The van der Waals surface area contributed by atoms with E-state index >= 15 is 0 Å². The van der Waals surface area contributed by atoms with Gasteiger partial charge in [0.1, 0.15) is 0 Å². The van der Waals surface area contributed by atoms with Crippen LogP contribution in [-0.2, 0) is 19.3 Å². The van der Waals surface area contributed by atoms with Gasteiger partial charge in [-0.1, -0.05) is 24.3 Å². The monoisotopic (exact) mass is 297 g/mol. The average Bonchev–Trinajstić information content (AvgIpc) is 3.19. The Morgan fingerprint density at radius 1 is 1.19 bits per heavy atom. The molecule has 108 valence electrons. The molecule has 0 bridgehead atoms. The van der Waals surface area contributed by atoms with Crippen LogP contribution in [0.25, 0.3) is 0 Å². The number of carbonyl (C=O) groups is 1. The van der Waals surface area contributed by atoms with E-state index < -0.39 is 0 Å². The van der Waals surface area contributed by atoms with Crippen LogP contribution in [0.5, 0.6) is 0 Å². The van der Waals surface area contributed by atoms with Crippen LogP contribution in [0.2, 0.25) is 0 Å². The molecule has 2 aliphatic carbocycles. The van der Waals surface area contributed by atoms with Crippen molar-refractivity contribution >= 4 is 17.2 Å². The molecule has 21 heavy (non-hydrogen) atoms. The molecule has 0 fully saturated rings. The van der Waals surface area contributed by atoms with Crippen molar-refractivity contribution in [2.75, 3.05) is 7.05 Å². The maximum Gasteiger partial charge on any atom is 0.264 e. The molecule has 0 saturated carbocycles. The maximum atomic E-state index is 12.8. The van der Waals surface area contributed by atoms with Crippen molar-refractivity contribution in [3.63, 3.8) is 0 Å². The van der Waals surface area contributed by atoms with Crippen LogP contribution in [0.3, 0.4) is 0 Å². The summed E-state index contributed by atoms with van der Waals surface area (Å²) in [6, 6.07) is 10.9. The summed E-state index contributed by atoms with van der Waals surface area (Å²) < 4.78 is 0. The highest BCUT2D eigenvalue weighted by atomic mass is 32.1. The maximum absolute atomic E-state index is 12.8. The van der Waals surface area contributed by atoms with Gasteiger partial charge in [-0.05, 0) is 54.9 Å². The van der Waals surface area contributed by atoms with Crippen LogP contribution in [0.4, 0.5) is 0 Å². The molecule has 4 rings (SSSR count). The molecule has 0 N–H and O–H groups in total. The fourth-order valence-electron chi connectivity index (χ4n) is 3.69. The smallest absolute Gasteiger partial charge is 0.264 e. The van der Waals surface area contributed by atoms with E-state index in [1.54, 1.807) is 11.3 Å². The van der Waals surface area contributed by atoms with Gasteiger partial charge < -0.3 is 4.90 Å². The van der Waals surface area contributed by atoms with Crippen LogP contribution < -0.4 is 0 Å². The second-order valence-electron chi connectivity index (χ2n) is 6.08. The van der Waals surface area contributed by atoms with E-state index in [0.717, 1.165) is 30.6 Å². The zero-order valence-electron chi connectivity index (χ0n) is 12.3. The summed E-state index contributed by atoms with van der Waals surface area (Å²) in [5, 5.41) is 0. The van der Waals surface area contributed by atoms with Crippen LogP contribution in [-0.4, -0.2) is 17.9 Å². The highest BCUT2D eigenvalue weighted by Gasteiger charge is 2.30. The minimum atomic E-state index is 0.191. The highest BCUT2D eigenvalue weighted by molar-refractivity contribution is 7.14. The molecule has 2 aliphatic rings. The van der Waals surface area contributed by atoms with E-state index in [1.807, 2.05) is 11.9 Å². The Kier molecular flexibility index (Phi) is 3.11. The molecule has 0 aliphatic heterocycles. The molecule has 1 aromatic heterocycles. The first kappa shape index (κ1) is 13.1. The summed E-state index contributed by atoms with van der Waals surface area (Å²) >= 11 is 1.71. The molecular formula is C18H19NOS. The first-order valence-corrected chi connectivity index (χ1v) is 8.52. The Morgan fingerprint density at radius 2 is 2.05 bits per heavy atom. The largest absolute Gasteiger partial charge is 0.334 e. The van der Waals surface area contributed by atoms with Gasteiger partial charge in [-0.25, -0.2) is 0 Å². The Balaban J connectivity index is 1.60. The van der Waals surface area contributed by atoms with Gasteiger partial charge in [-0.3, -0.25) is 4.79 Å². The fourth-order valence-corrected chi connectivity index (χ4v) is 4.92. The summed E-state index contributed by atoms with van der Waals surface area (Å²) in [4.78, 5) is 17.1. The van der Waals surface area contributed by atoms with E-state index in [9.17, 15) is 4.79 Å². The van der Waals surface area contributed by atoms with Gasteiger partial charge in [0.05, 0.1) is 10.9 Å². The minimum Gasteiger partial charge on any atom is -0.334 e. The van der Waals surface area contributed by atoms with Gasteiger partial charge in [-0.15, -0.1) is 11.3 Å². The molecule has 1 aromatic carbocycles. The lowest BCUT2D eigenvalue weighted by molar-refractivity contribution is 0.0735. The summed E-state index contributed by atoms with van der Waals surface area (Å²) in [5.74, 6) is 0.191. The molecule has 0 radical (unpaired) electrons. The third-order valence-electron chi connectivity index (χ3n) is 4.85. The van der Waals surface area contributed by atoms with Gasteiger partial charge >= 0.3 is 0 Å². The Morgan fingerprint density at radius 3 is 2.90 bits per heavy atom. The zero-order chi connectivity index (χ0) is 14.4. The normalized spacial score (nSPS) is 19.4. The molecule has 0 saturated heterocycles. The van der Waals surface area contributed by atoms with Crippen molar-refractivity contribution in [1.82, 2.24) is 4.90 Å². The van der Waals surface area contributed by atoms with Gasteiger partial charge in [-0.2, -0.15) is 0 Å². The lowest BCUT2D eigenvalue weighted by Gasteiger charge is -2.25. The average molecular weight is 297 g/mol. The van der Waals surface area contributed by atoms with E-state index in [4.69, 9.17) is 0 Å². The van der Waals surface area contributed by atoms with Crippen molar-refractivity contribution in [2.24, 2.45) is 0 Å². The third-order valence-corrected chi connectivity index (χ3v) is 6.07. The molecule has 1 heterocycles. The number of carbonyl (C=O) groups excluding carboxylic acids is 1. The number of aryl methyl sites for hydroxylation is 3. The summed E-state index contributed by atoms with van der Waals surface area (Å²) in [6.07, 6.45) is 5.69. The lowest BCUT2D eigenvalue weighted by Crippen LogP contribution is -2.29. The predicted octanol–water partition coefficient (Wildman–Crippen LogP) is 4.00. The van der Waals surface area contributed by atoms with Gasteiger partial charge in [0, 0.05) is 11.9 Å². The van der Waals surface area contributed by atoms with E-state index in [2.05, 4.69) is 30.3 Å². The van der Waals surface area contributed by atoms with Gasteiger partial charge in [0.15, 0.2) is 0 Å². The standard InChI is InChI=1S/C18H19NOS/c1-19(15-10-9-12-5-2-3-7-14(12)15)18(20)17-11-13-6-4-8-16(13)21-17/h2-3,5,7,11,15H,4,6,8-10H2,1H3/t15-/m0/s1. The molecule has 0 spiro atoms. The van der Waals surface area contributed by atoms with Gasteiger partial charge in [0.2, 0.25) is 0 Å². The second kappa shape index (κ2) is 4.99. The first-order chi connectivity index (χ1) is 10.2. The quantitative estimate of drug-likeness (QED) is 0.820. The van der Waals surface area contributed by atoms with Crippen LogP contribution in [0.15, 0.2) is 30.3 Å². The number of nitrogens with zero attached hydrogens (tertiary/aromatic N) is 1. The second-order valence-corrected chi connectivity index (χ2v) is 7.22. The van der Waals surface area contributed by atoms with E-state index in [-0.39, 0.29) is 11.9 Å². The molecule has 1 amide bonds.